The van der Waals surface area contributed by atoms with Gasteiger partial charge in [0.05, 0.1) is 16.8 Å². The number of rotatable bonds is 3. The number of hydrogen-bond donors (Lipinski definition) is 2. The lowest BCUT2D eigenvalue weighted by Gasteiger charge is -2.01. The highest BCUT2D eigenvalue weighted by molar-refractivity contribution is 7.18. The molecule has 0 radical (unpaired) electrons. The SMILES string of the molecule is Cc1cc(NC(=O)c2cncc(F)c2)sc1C(=O)O. The van der Waals surface area contributed by atoms with Crippen molar-refractivity contribution in [3.05, 3.63) is 46.3 Å². The van der Waals surface area contributed by atoms with Crippen LogP contribution in [0.1, 0.15) is 25.6 Å². The first-order chi connectivity index (χ1) is 8.97. The Morgan fingerprint density at radius 2 is 2.11 bits per heavy atom. The van der Waals surface area contributed by atoms with Gasteiger partial charge in [-0.05, 0) is 24.6 Å². The zero-order valence-electron chi connectivity index (χ0n) is 9.81. The number of amides is 1. The minimum Gasteiger partial charge on any atom is -0.477 e. The predicted molar refractivity (Wildman–Crippen MR) is 68.2 cm³/mol. The summed E-state index contributed by atoms with van der Waals surface area (Å²) in [4.78, 5) is 26.4. The maximum Gasteiger partial charge on any atom is 0.346 e. The van der Waals surface area contributed by atoms with Crippen molar-refractivity contribution in [1.82, 2.24) is 4.98 Å². The van der Waals surface area contributed by atoms with Gasteiger partial charge in [-0.2, -0.15) is 0 Å². The van der Waals surface area contributed by atoms with Crippen molar-refractivity contribution in [2.45, 2.75) is 6.92 Å². The highest BCUT2D eigenvalue weighted by atomic mass is 32.1. The van der Waals surface area contributed by atoms with Gasteiger partial charge >= 0.3 is 5.97 Å². The molecule has 2 heterocycles. The van der Waals surface area contributed by atoms with E-state index in [4.69, 9.17) is 5.11 Å². The molecule has 0 unspecified atom stereocenters. The smallest absolute Gasteiger partial charge is 0.346 e. The zero-order chi connectivity index (χ0) is 14.0. The van der Waals surface area contributed by atoms with Crippen LogP contribution in [-0.2, 0) is 0 Å². The monoisotopic (exact) mass is 280 g/mol. The van der Waals surface area contributed by atoms with E-state index >= 15 is 0 Å². The number of aromatic carboxylic acids is 1. The third-order valence-electron chi connectivity index (χ3n) is 2.32. The number of carboxylic acid groups (broad SMARTS) is 1. The van der Waals surface area contributed by atoms with Crippen molar-refractivity contribution in [3.8, 4) is 0 Å². The van der Waals surface area contributed by atoms with Crippen LogP contribution in [0.3, 0.4) is 0 Å². The number of hydrogen-bond acceptors (Lipinski definition) is 4. The van der Waals surface area contributed by atoms with Crippen molar-refractivity contribution in [2.24, 2.45) is 0 Å². The molecule has 0 bridgehead atoms. The number of carbonyl (C=O) groups is 2. The van der Waals surface area contributed by atoms with Crippen molar-refractivity contribution >= 4 is 28.2 Å². The van der Waals surface area contributed by atoms with E-state index in [0.717, 1.165) is 23.6 Å². The van der Waals surface area contributed by atoms with E-state index < -0.39 is 17.7 Å². The molecule has 0 saturated heterocycles. The molecule has 0 atom stereocenters. The maximum atomic E-state index is 12.9. The van der Waals surface area contributed by atoms with E-state index in [1.165, 1.54) is 6.20 Å². The van der Waals surface area contributed by atoms with Crippen LogP contribution in [0, 0.1) is 12.7 Å². The van der Waals surface area contributed by atoms with Gasteiger partial charge in [0.25, 0.3) is 5.91 Å². The van der Waals surface area contributed by atoms with Crippen molar-refractivity contribution < 1.29 is 19.1 Å². The van der Waals surface area contributed by atoms with E-state index in [0.29, 0.717) is 10.6 Å². The lowest BCUT2D eigenvalue weighted by molar-refractivity contribution is 0.0701. The Labute approximate surface area is 111 Å². The van der Waals surface area contributed by atoms with E-state index in [-0.39, 0.29) is 10.4 Å². The largest absolute Gasteiger partial charge is 0.477 e. The summed E-state index contributed by atoms with van der Waals surface area (Å²) in [6.07, 6.45) is 2.23. The van der Waals surface area contributed by atoms with Crippen LogP contribution < -0.4 is 5.32 Å². The summed E-state index contributed by atoms with van der Waals surface area (Å²) in [6, 6.07) is 2.61. The van der Waals surface area contributed by atoms with Gasteiger partial charge in [-0.25, -0.2) is 9.18 Å². The molecule has 7 heteroatoms. The molecule has 0 spiro atoms. The van der Waals surface area contributed by atoms with Gasteiger partial charge in [0, 0.05) is 6.20 Å². The Morgan fingerprint density at radius 1 is 1.37 bits per heavy atom. The summed E-state index contributed by atoms with van der Waals surface area (Å²) in [7, 11) is 0. The Balaban J connectivity index is 2.20. The molecule has 5 nitrogen and oxygen atoms in total. The number of nitrogens with one attached hydrogen (secondary N) is 1. The number of carbonyl (C=O) groups excluding carboxylic acids is 1. The first-order valence-electron chi connectivity index (χ1n) is 5.23. The average molecular weight is 280 g/mol. The third kappa shape index (κ3) is 2.94. The molecule has 0 fully saturated rings. The van der Waals surface area contributed by atoms with Gasteiger partial charge in [0.1, 0.15) is 10.7 Å². The second kappa shape index (κ2) is 5.15. The summed E-state index contributed by atoms with van der Waals surface area (Å²) < 4.78 is 12.9. The number of carboxylic acids is 1. The molecule has 2 aromatic heterocycles. The number of thiophene rings is 1. The molecule has 0 aliphatic heterocycles. The number of aryl methyl sites for hydroxylation is 1. The lowest BCUT2D eigenvalue weighted by Crippen LogP contribution is -2.11. The average Bonchev–Trinajstić information content (AvgIpc) is 2.70. The molecule has 98 valence electrons. The number of nitrogens with zero attached hydrogens (tertiary/aromatic N) is 1. The second-order valence-electron chi connectivity index (χ2n) is 3.77. The van der Waals surface area contributed by atoms with Crippen LogP contribution in [0.15, 0.2) is 24.5 Å². The fraction of sp³-hybridized carbons (Fsp3) is 0.0833. The number of pyridine rings is 1. The quantitative estimate of drug-likeness (QED) is 0.905. The van der Waals surface area contributed by atoms with Crippen LogP contribution >= 0.6 is 11.3 Å². The number of anilines is 1. The van der Waals surface area contributed by atoms with Crippen molar-refractivity contribution in [3.63, 3.8) is 0 Å². The molecule has 2 rings (SSSR count). The summed E-state index contributed by atoms with van der Waals surface area (Å²) in [6.45, 7) is 1.64. The minimum absolute atomic E-state index is 0.0722. The summed E-state index contributed by atoms with van der Waals surface area (Å²) in [5, 5.41) is 11.8. The van der Waals surface area contributed by atoms with Crippen molar-refractivity contribution in [2.75, 3.05) is 5.32 Å². The van der Waals surface area contributed by atoms with Crippen molar-refractivity contribution in [1.29, 1.82) is 0 Å². The summed E-state index contributed by atoms with van der Waals surface area (Å²) in [5.41, 5.74) is 0.632. The normalized spacial score (nSPS) is 10.2. The highest BCUT2D eigenvalue weighted by Crippen LogP contribution is 2.26. The number of halogens is 1. The molecule has 0 aliphatic carbocycles. The van der Waals surface area contributed by atoms with Crippen LogP contribution in [0.4, 0.5) is 9.39 Å². The van der Waals surface area contributed by atoms with Gasteiger partial charge in [-0.3, -0.25) is 9.78 Å². The van der Waals surface area contributed by atoms with E-state index in [1.54, 1.807) is 13.0 Å². The molecule has 19 heavy (non-hydrogen) atoms. The van der Waals surface area contributed by atoms with E-state index in [2.05, 4.69) is 10.3 Å². The van der Waals surface area contributed by atoms with Gasteiger partial charge in [-0.1, -0.05) is 0 Å². The summed E-state index contributed by atoms with van der Waals surface area (Å²) in [5.74, 6) is -2.19. The molecule has 2 aromatic rings. The molecule has 0 aliphatic rings. The first kappa shape index (κ1) is 13.2. The first-order valence-corrected chi connectivity index (χ1v) is 6.04. The van der Waals surface area contributed by atoms with Crippen LogP contribution in [0.2, 0.25) is 0 Å². The number of aromatic nitrogens is 1. The lowest BCUT2D eigenvalue weighted by atomic mass is 10.2. The molecule has 1 amide bonds. The van der Waals surface area contributed by atoms with Gasteiger partial charge < -0.3 is 10.4 Å². The van der Waals surface area contributed by atoms with Crippen LogP contribution in [0.25, 0.3) is 0 Å². The maximum absolute atomic E-state index is 12.9. The third-order valence-corrected chi connectivity index (χ3v) is 3.46. The molecular weight excluding hydrogens is 271 g/mol. The van der Waals surface area contributed by atoms with E-state index in [9.17, 15) is 14.0 Å². The topological polar surface area (TPSA) is 79.3 Å². The van der Waals surface area contributed by atoms with E-state index in [1.807, 2.05) is 0 Å². The van der Waals surface area contributed by atoms with Gasteiger partial charge in [0.2, 0.25) is 0 Å². The van der Waals surface area contributed by atoms with Gasteiger partial charge in [0.15, 0.2) is 0 Å². The van der Waals surface area contributed by atoms with Gasteiger partial charge in [-0.15, -0.1) is 11.3 Å². The zero-order valence-corrected chi connectivity index (χ0v) is 10.6. The predicted octanol–water partition coefficient (Wildman–Crippen LogP) is 2.54. The Morgan fingerprint density at radius 3 is 2.68 bits per heavy atom. The van der Waals surface area contributed by atoms with Crippen LogP contribution in [0.5, 0.6) is 0 Å². The molecule has 2 N–H and O–H groups in total. The second-order valence-corrected chi connectivity index (χ2v) is 4.83. The van der Waals surface area contributed by atoms with Crippen LogP contribution in [-0.4, -0.2) is 22.0 Å². The Bertz CT molecular complexity index is 654. The Kier molecular flexibility index (Phi) is 3.57. The fourth-order valence-corrected chi connectivity index (χ4v) is 2.38. The molecule has 0 saturated carbocycles. The Hall–Kier alpha value is -2.28. The fourth-order valence-electron chi connectivity index (χ4n) is 1.48. The molecular formula is C12H9FN2O3S. The minimum atomic E-state index is -1.05. The highest BCUT2D eigenvalue weighted by Gasteiger charge is 2.14. The standard InChI is InChI=1S/C12H9FN2O3S/c1-6-2-9(19-10(6)12(17)18)15-11(16)7-3-8(13)5-14-4-7/h2-5H,1H3,(H,15,16)(H,17,18). The summed E-state index contributed by atoms with van der Waals surface area (Å²) >= 11 is 0.949. The molecule has 0 aromatic carbocycles.